The van der Waals surface area contributed by atoms with E-state index in [0.29, 0.717) is 25.0 Å². The van der Waals surface area contributed by atoms with Crippen molar-refractivity contribution >= 4 is 11.9 Å². The first-order valence-corrected chi connectivity index (χ1v) is 5.63. The maximum Gasteiger partial charge on any atom is 0.326 e. The Morgan fingerprint density at radius 1 is 1.56 bits per heavy atom. The van der Waals surface area contributed by atoms with Gasteiger partial charge < -0.3 is 19.6 Å². The van der Waals surface area contributed by atoms with Crippen LogP contribution in [0, 0.1) is 6.92 Å². The molecule has 100 valence electrons. The number of amides is 1. The molecule has 0 spiro atoms. The number of carboxylic acids is 1. The number of aryl methyl sites for hydroxylation is 1. The second-order valence-corrected chi connectivity index (χ2v) is 3.93. The van der Waals surface area contributed by atoms with E-state index in [2.05, 4.69) is 5.32 Å². The van der Waals surface area contributed by atoms with Gasteiger partial charge in [-0.05, 0) is 25.8 Å². The highest BCUT2D eigenvalue weighted by molar-refractivity contribution is 5.95. The fourth-order valence-corrected chi connectivity index (χ4v) is 1.52. The van der Waals surface area contributed by atoms with E-state index in [0.717, 1.165) is 0 Å². The molecular formula is C12H17NO5. The van der Waals surface area contributed by atoms with Crippen molar-refractivity contribution in [1.82, 2.24) is 5.32 Å². The quantitative estimate of drug-likeness (QED) is 0.714. The average molecular weight is 255 g/mol. The molecule has 1 aromatic heterocycles. The Morgan fingerprint density at radius 3 is 2.78 bits per heavy atom. The van der Waals surface area contributed by atoms with Gasteiger partial charge in [0.25, 0.3) is 5.91 Å². The molecule has 0 radical (unpaired) electrons. The van der Waals surface area contributed by atoms with Crippen LogP contribution in [-0.2, 0) is 9.53 Å². The SMILES string of the molecule is COCCCC(NC(=O)c1occc1C)C(=O)O. The lowest BCUT2D eigenvalue weighted by Crippen LogP contribution is -2.41. The maximum atomic E-state index is 11.8. The Labute approximate surface area is 105 Å². The van der Waals surface area contributed by atoms with Crippen molar-refractivity contribution < 1.29 is 23.8 Å². The second kappa shape index (κ2) is 6.80. The molecule has 0 aromatic carbocycles. The van der Waals surface area contributed by atoms with Crippen molar-refractivity contribution in [2.24, 2.45) is 0 Å². The van der Waals surface area contributed by atoms with Gasteiger partial charge in [0.2, 0.25) is 0 Å². The summed E-state index contributed by atoms with van der Waals surface area (Å²) >= 11 is 0. The van der Waals surface area contributed by atoms with Gasteiger partial charge in [-0.25, -0.2) is 4.79 Å². The molecule has 2 N–H and O–H groups in total. The van der Waals surface area contributed by atoms with Crippen LogP contribution in [0.25, 0.3) is 0 Å². The summed E-state index contributed by atoms with van der Waals surface area (Å²) in [5, 5.41) is 11.4. The molecule has 0 aliphatic heterocycles. The van der Waals surface area contributed by atoms with Gasteiger partial charge in [0, 0.05) is 19.3 Å². The number of methoxy groups -OCH3 is 1. The fraction of sp³-hybridized carbons (Fsp3) is 0.500. The number of hydrogen-bond donors (Lipinski definition) is 2. The second-order valence-electron chi connectivity index (χ2n) is 3.93. The molecule has 1 heterocycles. The summed E-state index contributed by atoms with van der Waals surface area (Å²) in [6.07, 6.45) is 2.27. The van der Waals surface area contributed by atoms with Gasteiger partial charge in [0.15, 0.2) is 5.76 Å². The fourth-order valence-electron chi connectivity index (χ4n) is 1.52. The van der Waals surface area contributed by atoms with Crippen molar-refractivity contribution in [1.29, 1.82) is 0 Å². The predicted octanol–water partition coefficient (Wildman–Crippen LogP) is 1.20. The van der Waals surface area contributed by atoms with Crippen LogP contribution in [0.4, 0.5) is 0 Å². The predicted molar refractivity (Wildman–Crippen MR) is 63.4 cm³/mol. The van der Waals surface area contributed by atoms with Crippen LogP contribution < -0.4 is 5.32 Å². The molecule has 6 nitrogen and oxygen atoms in total. The zero-order valence-electron chi connectivity index (χ0n) is 10.4. The lowest BCUT2D eigenvalue weighted by Gasteiger charge is -2.13. The molecule has 1 rings (SSSR count). The number of furan rings is 1. The van der Waals surface area contributed by atoms with Crippen LogP contribution in [0.1, 0.15) is 29.0 Å². The average Bonchev–Trinajstić information content (AvgIpc) is 2.74. The van der Waals surface area contributed by atoms with Crippen molar-refractivity contribution in [3.63, 3.8) is 0 Å². The monoisotopic (exact) mass is 255 g/mol. The van der Waals surface area contributed by atoms with Gasteiger partial charge in [-0.3, -0.25) is 4.79 Å². The lowest BCUT2D eigenvalue weighted by molar-refractivity contribution is -0.139. The van der Waals surface area contributed by atoms with E-state index in [1.165, 1.54) is 6.26 Å². The summed E-state index contributed by atoms with van der Waals surface area (Å²) in [7, 11) is 1.54. The van der Waals surface area contributed by atoms with E-state index < -0.39 is 17.9 Å². The summed E-state index contributed by atoms with van der Waals surface area (Å²) in [6, 6.07) is 0.715. The van der Waals surface area contributed by atoms with Crippen molar-refractivity contribution in [2.75, 3.05) is 13.7 Å². The number of carboxylic acid groups (broad SMARTS) is 1. The van der Waals surface area contributed by atoms with Crippen LogP contribution >= 0.6 is 0 Å². The summed E-state index contributed by atoms with van der Waals surface area (Å²) in [4.78, 5) is 22.8. The first-order chi connectivity index (χ1) is 8.56. The van der Waals surface area contributed by atoms with Crippen molar-refractivity contribution in [3.8, 4) is 0 Å². The molecule has 0 aliphatic rings. The number of nitrogens with one attached hydrogen (secondary N) is 1. The molecule has 0 bridgehead atoms. The summed E-state index contributed by atoms with van der Waals surface area (Å²) < 4.78 is 9.85. The third-order valence-corrected chi connectivity index (χ3v) is 2.51. The van der Waals surface area contributed by atoms with Crippen LogP contribution in [0.15, 0.2) is 16.7 Å². The minimum absolute atomic E-state index is 0.146. The summed E-state index contributed by atoms with van der Waals surface area (Å²) in [5.41, 5.74) is 0.675. The smallest absolute Gasteiger partial charge is 0.326 e. The maximum absolute atomic E-state index is 11.8. The number of hydrogen-bond acceptors (Lipinski definition) is 4. The number of carbonyl (C=O) groups is 2. The van der Waals surface area contributed by atoms with Gasteiger partial charge in [-0.2, -0.15) is 0 Å². The molecule has 0 fully saturated rings. The molecule has 0 aliphatic carbocycles. The highest BCUT2D eigenvalue weighted by Crippen LogP contribution is 2.09. The standard InChI is InChI=1S/C12H17NO5/c1-8-5-7-18-10(8)11(14)13-9(12(15)16)4-3-6-17-2/h5,7,9H,3-4,6H2,1-2H3,(H,13,14)(H,15,16). The van der Waals surface area contributed by atoms with Gasteiger partial charge >= 0.3 is 5.97 Å². The number of ether oxygens (including phenoxy) is 1. The molecule has 0 saturated heterocycles. The van der Waals surface area contributed by atoms with Gasteiger partial charge in [-0.1, -0.05) is 0 Å². The third kappa shape index (κ3) is 3.89. The Kier molecular flexibility index (Phi) is 5.38. The molecule has 6 heteroatoms. The largest absolute Gasteiger partial charge is 0.480 e. The van der Waals surface area contributed by atoms with Crippen LogP contribution in [-0.4, -0.2) is 36.7 Å². The Balaban J connectivity index is 2.58. The molecule has 1 aromatic rings. The summed E-state index contributed by atoms with van der Waals surface area (Å²) in [5.74, 6) is -1.43. The number of aliphatic carboxylic acids is 1. The zero-order chi connectivity index (χ0) is 13.5. The van der Waals surface area contributed by atoms with Crippen LogP contribution in [0.3, 0.4) is 0 Å². The van der Waals surface area contributed by atoms with Crippen molar-refractivity contribution in [3.05, 3.63) is 23.7 Å². The molecule has 18 heavy (non-hydrogen) atoms. The molecule has 1 unspecified atom stereocenters. The van der Waals surface area contributed by atoms with Gasteiger partial charge in [-0.15, -0.1) is 0 Å². The van der Waals surface area contributed by atoms with E-state index in [9.17, 15) is 9.59 Å². The Morgan fingerprint density at radius 2 is 2.28 bits per heavy atom. The van der Waals surface area contributed by atoms with Gasteiger partial charge in [0.05, 0.1) is 6.26 Å². The van der Waals surface area contributed by atoms with Crippen molar-refractivity contribution in [2.45, 2.75) is 25.8 Å². The highest BCUT2D eigenvalue weighted by atomic mass is 16.5. The minimum Gasteiger partial charge on any atom is -0.480 e. The van der Waals surface area contributed by atoms with E-state index in [-0.39, 0.29) is 5.76 Å². The molecule has 0 saturated carbocycles. The van der Waals surface area contributed by atoms with E-state index in [1.54, 1.807) is 20.1 Å². The minimum atomic E-state index is -1.07. The zero-order valence-corrected chi connectivity index (χ0v) is 10.4. The van der Waals surface area contributed by atoms with Crippen LogP contribution in [0.5, 0.6) is 0 Å². The Hall–Kier alpha value is -1.82. The molecule has 1 atom stereocenters. The van der Waals surface area contributed by atoms with E-state index in [1.807, 2.05) is 0 Å². The number of rotatable bonds is 7. The van der Waals surface area contributed by atoms with Gasteiger partial charge in [0.1, 0.15) is 6.04 Å². The first-order valence-electron chi connectivity index (χ1n) is 5.63. The number of carbonyl (C=O) groups excluding carboxylic acids is 1. The third-order valence-electron chi connectivity index (χ3n) is 2.51. The highest BCUT2D eigenvalue weighted by Gasteiger charge is 2.22. The van der Waals surface area contributed by atoms with Crippen LogP contribution in [0.2, 0.25) is 0 Å². The van der Waals surface area contributed by atoms with E-state index >= 15 is 0 Å². The normalized spacial score (nSPS) is 12.1. The van der Waals surface area contributed by atoms with E-state index in [4.69, 9.17) is 14.3 Å². The summed E-state index contributed by atoms with van der Waals surface area (Å²) in [6.45, 7) is 2.18. The topological polar surface area (TPSA) is 88.8 Å². The Bertz CT molecular complexity index is 412. The first kappa shape index (κ1) is 14.2. The molecule has 1 amide bonds. The lowest BCUT2D eigenvalue weighted by atomic mass is 10.1. The molecular weight excluding hydrogens is 238 g/mol.